The number of aromatic nitrogens is 1. The van der Waals surface area contributed by atoms with Crippen LogP contribution < -0.4 is 14.8 Å². The first kappa shape index (κ1) is 20.3. The van der Waals surface area contributed by atoms with Gasteiger partial charge in [-0.25, -0.2) is 17.8 Å². The minimum Gasteiger partial charge on any atom is -0.454 e. The van der Waals surface area contributed by atoms with Crippen molar-refractivity contribution in [1.82, 2.24) is 4.98 Å². The Bertz CT molecular complexity index is 1180. The topological polar surface area (TPSA) is 94.6 Å². The first-order valence-corrected chi connectivity index (χ1v) is 11.6. The van der Waals surface area contributed by atoms with Gasteiger partial charge in [-0.1, -0.05) is 0 Å². The predicted molar refractivity (Wildman–Crippen MR) is 110 cm³/mol. The zero-order valence-corrected chi connectivity index (χ0v) is 17.3. The fourth-order valence-corrected chi connectivity index (χ4v) is 4.93. The summed E-state index contributed by atoms with van der Waals surface area (Å²) in [7, 11) is -3.56. The Morgan fingerprint density at radius 2 is 1.90 bits per heavy atom. The Morgan fingerprint density at radius 1 is 1.13 bits per heavy atom. The molecular weight excluding hydrogens is 431 g/mol. The molecule has 0 fully saturated rings. The first-order valence-electron chi connectivity index (χ1n) is 9.04. The molecule has 156 valence electrons. The van der Waals surface area contributed by atoms with E-state index in [4.69, 9.17) is 9.47 Å². The van der Waals surface area contributed by atoms with E-state index in [2.05, 4.69) is 10.3 Å². The number of benzene rings is 2. The summed E-state index contributed by atoms with van der Waals surface area (Å²) in [5, 5.41) is 4.92. The predicted octanol–water partition coefficient (Wildman–Crippen LogP) is 3.87. The van der Waals surface area contributed by atoms with Gasteiger partial charge in [0.15, 0.2) is 26.5 Å². The van der Waals surface area contributed by atoms with E-state index >= 15 is 0 Å². The SMILES string of the molecule is O=C(CCCS(=O)(=O)c1ccc(F)cc1)Nc1nc(-c2ccc3c(c2)OCO3)cs1. The average molecular weight is 448 g/mol. The zero-order valence-electron chi connectivity index (χ0n) is 15.6. The van der Waals surface area contributed by atoms with Crippen molar-refractivity contribution in [3.05, 3.63) is 53.7 Å². The summed E-state index contributed by atoms with van der Waals surface area (Å²) in [5.41, 5.74) is 1.52. The molecule has 0 unspecified atom stereocenters. The van der Waals surface area contributed by atoms with Gasteiger partial charge in [-0.15, -0.1) is 11.3 Å². The van der Waals surface area contributed by atoms with Crippen LogP contribution in [0.3, 0.4) is 0 Å². The van der Waals surface area contributed by atoms with Crippen LogP contribution in [0, 0.1) is 5.82 Å². The van der Waals surface area contributed by atoms with E-state index in [0.29, 0.717) is 22.3 Å². The Kier molecular flexibility index (Phi) is 5.69. The number of sulfone groups is 1. The highest BCUT2D eigenvalue weighted by molar-refractivity contribution is 7.91. The molecule has 7 nitrogen and oxygen atoms in total. The molecule has 1 aliphatic rings. The number of hydrogen-bond donors (Lipinski definition) is 1. The number of fused-ring (bicyclic) bond motifs is 1. The standard InChI is InChI=1S/C20H17FN2O5S2/c21-14-4-6-15(7-5-14)30(25,26)9-1-2-19(24)23-20-22-16(11-29-20)13-3-8-17-18(10-13)28-12-27-17/h3-8,10-11H,1-2,9,12H2,(H,22,23,24). The molecule has 30 heavy (non-hydrogen) atoms. The molecule has 1 aliphatic heterocycles. The maximum atomic E-state index is 12.9. The van der Waals surface area contributed by atoms with Crippen LogP contribution in [0.4, 0.5) is 9.52 Å². The number of anilines is 1. The number of nitrogens with one attached hydrogen (secondary N) is 1. The number of ether oxygens (including phenoxy) is 2. The molecule has 0 aliphatic carbocycles. The van der Waals surface area contributed by atoms with Crippen LogP contribution in [-0.2, 0) is 14.6 Å². The normalized spacial score (nSPS) is 12.7. The number of thiazole rings is 1. The van der Waals surface area contributed by atoms with E-state index in [0.717, 1.165) is 17.7 Å². The van der Waals surface area contributed by atoms with Crippen molar-refractivity contribution in [3.8, 4) is 22.8 Å². The minimum absolute atomic E-state index is 0.0271. The second-order valence-electron chi connectivity index (χ2n) is 6.53. The van der Waals surface area contributed by atoms with Crippen molar-refractivity contribution in [2.24, 2.45) is 0 Å². The molecule has 1 N–H and O–H groups in total. The smallest absolute Gasteiger partial charge is 0.231 e. The van der Waals surface area contributed by atoms with Crippen LogP contribution in [0.5, 0.6) is 11.5 Å². The van der Waals surface area contributed by atoms with Crippen LogP contribution >= 0.6 is 11.3 Å². The van der Waals surface area contributed by atoms with E-state index in [1.165, 1.54) is 23.5 Å². The number of hydrogen-bond acceptors (Lipinski definition) is 7. The Labute approximate surface area is 176 Å². The van der Waals surface area contributed by atoms with Gasteiger partial charge in [0.25, 0.3) is 0 Å². The molecule has 2 heterocycles. The van der Waals surface area contributed by atoms with Gasteiger partial charge in [0.2, 0.25) is 12.7 Å². The summed E-state index contributed by atoms with van der Waals surface area (Å²) in [4.78, 5) is 16.6. The molecule has 10 heteroatoms. The zero-order chi connectivity index (χ0) is 21.1. The van der Waals surface area contributed by atoms with E-state index in [-0.39, 0.29) is 36.2 Å². The molecule has 1 amide bonds. The fraction of sp³-hybridized carbons (Fsp3) is 0.200. The number of nitrogens with zero attached hydrogens (tertiary/aromatic N) is 1. The van der Waals surface area contributed by atoms with E-state index < -0.39 is 15.7 Å². The van der Waals surface area contributed by atoms with Gasteiger partial charge in [-0.05, 0) is 48.9 Å². The molecule has 0 saturated carbocycles. The second kappa shape index (κ2) is 8.41. The van der Waals surface area contributed by atoms with Crippen molar-refractivity contribution in [1.29, 1.82) is 0 Å². The van der Waals surface area contributed by atoms with Crippen molar-refractivity contribution in [3.63, 3.8) is 0 Å². The van der Waals surface area contributed by atoms with Crippen molar-refractivity contribution >= 4 is 32.2 Å². The molecule has 0 spiro atoms. The van der Waals surface area contributed by atoms with Gasteiger partial charge < -0.3 is 14.8 Å². The highest BCUT2D eigenvalue weighted by atomic mass is 32.2. The summed E-state index contributed by atoms with van der Waals surface area (Å²) >= 11 is 1.27. The van der Waals surface area contributed by atoms with Crippen LogP contribution in [-0.4, -0.2) is 31.9 Å². The Balaban J connectivity index is 1.31. The highest BCUT2D eigenvalue weighted by Gasteiger charge is 2.17. The molecular formula is C20H17FN2O5S2. The molecule has 2 aromatic carbocycles. The summed E-state index contributed by atoms with van der Waals surface area (Å²) in [6, 6.07) is 10.1. The maximum Gasteiger partial charge on any atom is 0.231 e. The first-order chi connectivity index (χ1) is 14.4. The molecule has 0 radical (unpaired) electrons. The second-order valence-corrected chi connectivity index (χ2v) is 9.50. The van der Waals surface area contributed by atoms with Crippen molar-refractivity contribution in [2.45, 2.75) is 17.7 Å². The number of carbonyl (C=O) groups is 1. The summed E-state index contributed by atoms with van der Waals surface area (Å²) in [5.74, 6) is 0.297. The van der Waals surface area contributed by atoms with Gasteiger partial charge in [-0.3, -0.25) is 4.79 Å². The molecule has 0 atom stereocenters. The van der Waals surface area contributed by atoms with Crippen LogP contribution in [0.2, 0.25) is 0 Å². The van der Waals surface area contributed by atoms with Crippen LogP contribution in [0.1, 0.15) is 12.8 Å². The largest absolute Gasteiger partial charge is 0.454 e. The highest BCUT2D eigenvalue weighted by Crippen LogP contribution is 2.36. The monoisotopic (exact) mass is 448 g/mol. The van der Waals surface area contributed by atoms with E-state index in [1.54, 1.807) is 6.07 Å². The molecule has 1 aromatic heterocycles. The Morgan fingerprint density at radius 3 is 2.70 bits per heavy atom. The quantitative estimate of drug-likeness (QED) is 0.552. The molecule has 0 saturated heterocycles. The van der Waals surface area contributed by atoms with Crippen molar-refractivity contribution in [2.75, 3.05) is 17.9 Å². The van der Waals surface area contributed by atoms with Gasteiger partial charge in [-0.2, -0.15) is 0 Å². The lowest BCUT2D eigenvalue weighted by Gasteiger charge is -2.05. The third kappa shape index (κ3) is 4.60. The lowest BCUT2D eigenvalue weighted by Crippen LogP contribution is -2.14. The molecule has 0 bridgehead atoms. The minimum atomic E-state index is -3.56. The van der Waals surface area contributed by atoms with Gasteiger partial charge in [0.1, 0.15) is 5.82 Å². The third-order valence-electron chi connectivity index (χ3n) is 4.41. The third-order valence-corrected chi connectivity index (χ3v) is 6.98. The van der Waals surface area contributed by atoms with Gasteiger partial charge in [0, 0.05) is 17.4 Å². The number of amides is 1. The molecule has 4 rings (SSSR count). The lowest BCUT2D eigenvalue weighted by atomic mass is 10.1. The number of rotatable bonds is 7. The Hall–Kier alpha value is -2.98. The van der Waals surface area contributed by atoms with Gasteiger partial charge in [0.05, 0.1) is 16.3 Å². The molecule has 3 aromatic rings. The van der Waals surface area contributed by atoms with E-state index in [1.807, 2.05) is 17.5 Å². The lowest BCUT2D eigenvalue weighted by molar-refractivity contribution is -0.116. The summed E-state index contributed by atoms with van der Waals surface area (Å²) in [6.45, 7) is 0.189. The summed E-state index contributed by atoms with van der Waals surface area (Å²) in [6.07, 6.45) is 0.172. The van der Waals surface area contributed by atoms with Crippen LogP contribution in [0.15, 0.2) is 52.7 Å². The maximum absolute atomic E-state index is 12.9. The van der Waals surface area contributed by atoms with Crippen molar-refractivity contribution < 1.29 is 27.1 Å². The van der Waals surface area contributed by atoms with Gasteiger partial charge >= 0.3 is 0 Å². The average Bonchev–Trinajstić information content (AvgIpc) is 3.36. The van der Waals surface area contributed by atoms with Crippen LogP contribution in [0.25, 0.3) is 11.3 Å². The number of halogens is 1. The number of carbonyl (C=O) groups excluding carboxylic acids is 1. The summed E-state index contributed by atoms with van der Waals surface area (Å²) < 4.78 is 48.1. The fourth-order valence-electron chi connectivity index (χ4n) is 2.88. The van der Waals surface area contributed by atoms with E-state index in [9.17, 15) is 17.6 Å².